The van der Waals surface area contributed by atoms with Crippen molar-refractivity contribution in [2.45, 2.75) is 38.7 Å². The Kier molecular flexibility index (Phi) is 5.40. The van der Waals surface area contributed by atoms with E-state index in [4.69, 9.17) is 4.74 Å². The monoisotopic (exact) mass is 325 g/mol. The number of halogens is 1. The Morgan fingerprint density at radius 1 is 1.47 bits per heavy atom. The summed E-state index contributed by atoms with van der Waals surface area (Å²) in [6, 6.07) is 5.65. The highest BCUT2D eigenvalue weighted by atomic mass is 79.9. The average Bonchev–Trinajstić information content (AvgIpc) is 2.43. The van der Waals surface area contributed by atoms with E-state index in [1.54, 1.807) is 0 Å². The second-order valence-electron chi connectivity index (χ2n) is 5.00. The van der Waals surface area contributed by atoms with E-state index in [1.165, 1.54) is 12.8 Å². The predicted molar refractivity (Wildman–Crippen MR) is 79.4 cm³/mol. The molecule has 19 heavy (non-hydrogen) atoms. The van der Waals surface area contributed by atoms with Crippen LogP contribution in [0.15, 0.2) is 22.7 Å². The molecule has 2 rings (SSSR count). The summed E-state index contributed by atoms with van der Waals surface area (Å²) in [6.45, 7) is 3.53. The Labute approximate surface area is 122 Å². The predicted octanol–water partition coefficient (Wildman–Crippen LogP) is 3.45. The molecule has 0 aromatic heterocycles. The van der Waals surface area contributed by atoms with Crippen molar-refractivity contribution < 1.29 is 9.53 Å². The highest BCUT2D eigenvalue weighted by molar-refractivity contribution is 9.10. The van der Waals surface area contributed by atoms with Crippen LogP contribution in [0, 0.1) is 6.92 Å². The summed E-state index contributed by atoms with van der Waals surface area (Å²) in [5.41, 5.74) is 1.79. The number of carbonyl (C=O) groups is 1. The molecule has 0 aliphatic carbocycles. The van der Waals surface area contributed by atoms with Gasteiger partial charge in [0, 0.05) is 23.2 Å². The van der Waals surface area contributed by atoms with E-state index in [1.807, 2.05) is 25.1 Å². The summed E-state index contributed by atoms with van der Waals surface area (Å²) in [6.07, 6.45) is 4.75. The molecule has 3 nitrogen and oxygen atoms in total. The lowest BCUT2D eigenvalue weighted by Crippen LogP contribution is -2.29. The van der Waals surface area contributed by atoms with E-state index in [0.29, 0.717) is 18.2 Å². The van der Waals surface area contributed by atoms with Gasteiger partial charge in [0.2, 0.25) is 0 Å². The third-order valence-corrected chi connectivity index (χ3v) is 4.34. The first-order valence-electron chi connectivity index (χ1n) is 6.83. The Morgan fingerprint density at radius 3 is 3.00 bits per heavy atom. The summed E-state index contributed by atoms with van der Waals surface area (Å²) >= 11 is 3.43. The minimum Gasteiger partial charge on any atom is -0.378 e. The van der Waals surface area contributed by atoms with E-state index < -0.39 is 0 Å². The fourth-order valence-electron chi connectivity index (χ4n) is 2.27. The second kappa shape index (κ2) is 7.06. The number of rotatable bonds is 4. The molecule has 1 heterocycles. The Bertz CT molecular complexity index is 442. The van der Waals surface area contributed by atoms with Gasteiger partial charge in [0.1, 0.15) is 0 Å². The molecule has 1 aromatic carbocycles. The van der Waals surface area contributed by atoms with Crippen molar-refractivity contribution in [1.82, 2.24) is 5.32 Å². The fourth-order valence-corrected chi connectivity index (χ4v) is 2.52. The van der Waals surface area contributed by atoms with Gasteiger partial charge in [-0.1, -0.05) is 15.9 Å². The minimum atomic E-state index is -0.00795. The number of nitrogens with one attached hydrogen (secondary N) is 1. The number of carbonyl (C=O) groups excluding carboxylic acids is 1. The molecule has 1 fully saturated rings. The van der Waals surface area contributed by atoms with Gasteiger partial charge in [0.05, 0.1) is 6.10 Å². The van der Waals surface area contributed by atoms with E-state index in [2.05, 4.69) is 21.2 Å². The smallest absolute Gasteiger partial charge is 0.251 e. The number of hydrogen-bond donors (Lipinski definition) is 1. The highest BCUT2D eigenvalue weighted by Crippen LogP contribution is 2.17. The molecule has 0 spiro atoms. The normalized spacial score (nSPS) is 19.2. The molecule has 1 aromatic rings. The lowest BCUT2D eigenvalue weighted by atomic mass is 10.1. The van der Waals surface area contributed by atoms with Crippen molar-refractivity contribution in [3.05, 3.63) is 33.8 Å². The summed E-state index contributed by atoms with van der Waals surface area (Å²) in [7, 11) is 0. The molecule has 0 radical (unpaired) electrons. The molecule has 1 unspecified atom stereocenters. The SMILES string of the molecule is Cc1cc(C(=O)NCCC2CCCCO2)ccc1Br. The van der Waals surface area contributed by atoms with Crippen LogP contribution in [0.5, 0.6) is 0 Å². The van der Waals surface area contributed by atoms with Crippen LogP contribution in [0.1, 0.15) is 41.6 Å². The van der Waals surface area contributed by atoms with Crippen LogP contribution in [0.25, 0.3) is 0 Å². The maximum atomic E-state index is 12.0. The fraction of sp³-hybridized carbons (Fsp3) is 0.533. The maximum absolute atomic E-state index is 12.0. The molecule has 0 bridgehead atoms. The second-order valence-corrected chi connectivity index (χ2v) is 5.85. The Hall–Kier alpha value is -0.870. The molecule has 4 heteroatoms. The highest BCUT2D eigenvalue weighted by Gasteiger charge is 2.14. The standard InChI is InChI=1S/C15H20BrNO2/c1-11-10-12(5-6-14(11)16)15(18)17-8-7-13-4-2-3-9-19-13/h5-6,10,13H,2-4,7-9H2,1H3,(H,17,18). The van der Waals surface area contributed by atoms with Crippen molar-refractivity contribution in [3.63, 3.8) is 0 Å². The average molecular weight is 326 g/mol. The Balaban J connectivity index is 1.78. The summed E-state index contributed by atoms with van der Waals surface area (Å²) in [4.78, 5) is 12.0. The molecule has 0 saturated carbocycles. The number of benzene rings is 1. The quantitative estimate of drug-likeness (QED) is 0.920. The van der Waals surface area contributed by atoms with Crippen molar-refractivity contribution >= 4 is 21.8 Å². The molecule has 1 aliphatic rings. The van der Waals surface area contributed by atoms with Crippen LogP contribution >= 0.6 is 15.9 Å². The van der Waals surface area contributed by atoms with Gasteiger partial charge >= 0.3 is 0 Å². The van der Waals surface area contributed by atoms with Gasteiger partial charge in [0.15, 0.2) is 0 Å². The van der Waals surface area contributed by atoms with Crippen LogP contribution in [0.4, 0.5) is 0 Å². The number of hydrogen-bond acceptors (Lipinski definition) is 2. The van der Waals surface area contributed by atoms with Crippen molar-refractivity contribution in [2.24, 2.45) is 0 Å². The molecule has 1 N–H and O–H groups in total. The molecule has 104 valence electrons. The van der Waals surface area contributed by atoms with Crippen LogP contribution in [0.2, 0.25) is 0 Å². The van der Waals surface area contributed by atoms with Gasteiger partial charge < -0.3 is 10.1 Å². The zero-order valence-corrected chi connectivity index (χ0v) is 12.8. The molecular weight excluding hydrogens is 306 g/mol. The Morgan fingerprint density at radius 2 is 2.32 bits per heavy atom. The first-order chi connectivity index (χ1) is 9.16. The third-order valence-electron chi connectivity index (χ3n) is 3.45. The largest absolute Gasteiger partial charge is 0.378 e. The number of ether oxygens (including phenoxy) is 1. The minimum absolute atomic E-state index is 0.00795. The summed E-state index contributed by atoms with van der Waals surface area (Å²) in [5, 5.41) is 2.96. The van der Waals surface area contributed by atoms with Crippen LogP contribution in [-0.4, -0.2) is 25.2 Å². The zero-order valence-electron chi connectivity index (χ0n) is 11.2. The van der Waals surface area contributed by atoms with Crippen LogP contribution in [-0.2, 0) is 4.74 Å². The van der Waals surface area contributed by atoms with Crippen LogP contribution in [0.3, 0.4) is 0 Å². The topological polar surface area (TPSA) is 38.3 Å². The maximum Gasteiger partial charge on any atom is 0.251 e. The van der Waals surface area contributed by atoms with Gasteiger partial charge in [-0.3, -0.25) is 4.79 Å². The van der Waals surface area contributed by atoms with Crippen LogP contribution < -0.4 is 5.32 Å². The lowest BCUT2D eigenvalue weighted by Gasteiger charge is -2.22. The first-order valence-corrected chi connectivity index (χ1v) is 7.62. The van der Waals surface area contributed by atoms with Gasteiger partial charge in [-0.2, -0.15) is 0 Å². The molecule has 1 amide bonds. The van der Waals surface area contributed by atoms with E-state index in [0.717, 1.165) is 29.5 Å². The summed E-state index contributed by atoms with van der Waals surface area (Å²) < 4.78 is 6.67. The molecule has 1 saturated heterocycles. The van der Waals surface area contributed by atoms with Gasteiger partial charge in [-0.05, 0) is 56.4 Å². The molecule has 1 aliphatic heterocycles. The zero-order chi connectivity index (χ0) is 13.7. The van der Waals surface area contributed by atoms with E-state index in [9.17, 15) is 4.79 Å². The van der Waals surface area contributed by atoms with Gasteiger partial charge in [-0.25, -0.2) is 0 Å². The van der Waals surface area contributed by atoms with Crippen molar-refractivity contribution in [2.75, 3.05) is 13.2 Å². The van der Waals surface area contributed by atoms with Crippen molar-refractivity contribution in [3.8, 4) is 0 Å². The third kappa shape index (κ3) is 4.32. The number of aryl methyl sites for hydroxylation is 1. The van der Waals surface area contributed by atoms with Crippen molar-refractivity contribution in [1.29, 1.82) is 0 Å². The lowest BCUT2D eigenvalue weighted by molar-refractivity contribution is 0.0117. The number of amides is 1. The van der Waals surface area contributed by atoms with E-state index in [-0.39, 0.29) is 5.91 Å². The summed E-state index contributed by atoms with van der Waals surface area (Å²) in [5.74, 6) is -0.00795. The molecule has 1 atom stereocenters. The first kappa shape index (κ1) is 14.5. The van der Waals surface area contributed by atoms with E-state index >= 15 is 0 Å². The molecular formula is C15H20BrNO2. The van der Waals surface area contributed by atoms with Gasteiger partial charge in [-0.15, -0.1) is 0 Å². The van der Waals surface area contributed by atoms with Gasteiger partial charge in [0.25, 0.3) is 5.91 Å².